The molecule has 1 heterocycles. The zero-order valence-corrected chi connectivity index (χ0v) is 13.4. The van der Waals surface area contributed by atoms with Gasteiger partial charge in [-0.15, -0.1) is 0 Å². The Morgan fingerprint density at radius 1 is 1.43 bits per heavy atom. The van der Waals surface area contributed by atoms with Gasteiger partial charge in [0.15, 0.2) is 5.82 Å². The minimum atomic E-state index is -2.80. The number of alkyl halides is 2. The Hall–Kier alpha value is -1.80. The van der Waals surface area contributed by atoms with Crippen LogP contribution in [0.25, 0.3) is 0 Å². The SMILES string of the molecule is COCc1nsc(NC2CCCc3cc(OC(F)F)ccc32)n1. The van der Waals surface area contributed by atoms with Gasteiger partial charge in [-0.2, -0.15) is 13.2 Å². The van der Waals surface area contributed by atoms with E-state index in [0.717, 1.165) is 35.5 Å². The van der Waals surface area contributed by atoms with Crippen LogP contribution in [0.3, 0.4) is 0 Å². The molecule has 0 radical (unpaired) electrons. The van der Waals surface area contributed by atoms with Crippen molar-refractivity contribution in [3.05, 3.63) is 35.2 Å². The van der Waals surface area contributed by atoms with Gasteiger partial charge in [-0.25, -0.2) is 4.98 Å². The van der Waals surface area contributed by atoms with Crippen molar-refractivity contribution in [1.29, 1.82) is 0 Å². The number of hydrogen-bond acceptors (Lipinski definition) is 6. The summed E-state index contributed by atoms with van der Waals surface area (Å²) in [7, 11) is 1.60. The fraction of sp³-hybridized carbons (Fsp3) is 0.467. The van der Waals surface area contributed by atoms with Gasteiger partial charge in [-0.05, 0) is 42.5 Å². The van der Waals surface area contributed by atoms with E-state index in [1.807, 2.05) is 6.07 Å². The lowest BCUT2D eigenvalue weighted by Crippen LogP contribution is -2.17. The Kier molecular flexibility index (Phi) is 5.02. The molecule has 0 saturated carbocycles. The Morgan fingerprint density at radius 3 is 3.09 bits per heavy atom. The van der Waals surface area contributed by atoms with Gasteiger partial charge in [-0.3, -0.25) is 0 Å². The highest BCUT2D eigenvalue weighted by Crippen LogP contribution is 2.35. The second-order valence-corrected chi connectivity index (χ2v) is 6.03. The first-order chi connectivity index (χ1) is 11.2. The molecule has 0 fully saturated rings. The minimum absolute atomic E-state index is 0.0997. The van der Waals surface area contributed by atoms with Crippen molar-refractivity contribution in [3.8, 4) is 5.75 Å². The molecule has 1 aliphatic rings. The summed E-state index contributed by atoms with van der Waals surface area (Å²) in [6.45, 7) is -2.42. The molecule has 1 aromatic carbocycles. The fourth-order valence-corrected chi connectivity index (χ4v) is 3.39. The lowest BCUT2D eigenvalue weighted by atomic mass is 9.87. The molecular formula is C15H17F2N3O2S. The van der Waals surface area contributed by atoms with Crippen LogP contribution in [0, 0.1) is 0 Å². The number of hydrogen-bond donors (Lipinski definition) is 1. The average molecular weight is 341 g/mol. The predicted octanol–water partition coefficient (Wildman–Crippen LogP) is 3.78. The lowest BCUT2D eigenvalue weighted by molar-refractivity contribution is -0.0499. The van der Waals surface area contributed by atoms with Crippen LogP contribution in [-0.2, 0) is 17.8 Å². The molecule has 0 bridgehead atoms. The van der Waals surface area contributed by atoms with Gasteiger partial charge >= 0.3 is 6.61 Å². The molecule has 124 valence electrons. The summed E-state index contributed by atoms with van der Waals surface area (Å²) in [4.78, 5) is 4.37. The number of methoxy groups -OCH3 is 1. The molecule has 1 N–H and O–H groups in total. The topological polar surface area (TPSA) is 56.3 Å². The smallest absolute Gasteiger partial charge is 0.387 e. The van der Waals surface area contributed by atoms with E-state index >= 15 is 0 Å². The molecule has 2 aromatic rings. The highest BCUT2D eigenvalue weighted by molar-refractivity contribution is 7.09. The van der Waals surface area contributed by atoms with E-state index in [-0.39, 0.29) is 11.8 Å². The first-order valence-electron chi connectivity index (χ1n) is 7.31. The quantitative estimate of drug-likeness (QED) is 0.867. The second-order valence-electron chi connectivity index (χ2n) is 5.28. The van der Waals surface area contributed by atoms with Crippen LogP contribution >= 0.6 is 11.5 Å². The molecule has 23 heavy (non-hydrogen) atoms. The highest BCUT2D eigenvalue weighted by Gasteiger charge is 2.22. The number of benzene rings is 1. The van der Waals surface area contributed by atoms with Crippen LogP contribution in [0.1, 0.15) is 35.8 Å². The van der Waals surface area contributed by atoms with E-state index in [9.17, 15) is 8.78 Å². The highest BCUT2D eigenvalue weighted by atomic mass is 32.1. The molecule has 5 nitrogen and oxygen atoms in total. The minimum Gasteiger partial charge on any atom is -0.435 e. The molecule has 1 atom stereocenters. The number of fused-ring (bicyclic) bond motifs is 1. The van der Waals surface area contributed by atoms with Crippen LogP contribution in [-0.4, -0.2) is 23.1 Å². The van der Waals surface area contributed by atoms with Gasteiger partial charge in [0.2, 0.25) is 5.13 Å². The van der Waals surface area contributed by atoms with E-state index in [4.69, 9.17) is 4.74 Å². The summed E-state index contributed by atoms with van der Waals surface area (Å²) < 4.78 is 38.3. The van der Waals surface area contributed by atoms with Gasteiger partial charge in [0.05, 0.1) is 6.04 Å². The van der Waals surface area contributed by atoms with Gasteiger partial charge in [-0.1, -0.05) is 6.07 Å². The number of anilines is 1. The predicted molar refractivity (Wildman–Crippen MR) is 83.0 cm³/mol. The number of ether oxygens (including phenoxy) is 2. The molecular weight excluding hydrogens is 324 g/mol. The zero-order chi connectivity index (χ0) is 16.2. The maximum Gasteiger partial charge on any atom is 0.387 e. The fourth-order valence-electron chi connectivity index (χ4n) is 2.77. The van der Waals surface area contributed by atoms with Gasteiger partial charge in [0.25, 0.3) is 0 Å². The summed E-state index contributed by atoms with van der Waals surface area (Å²) in [5, 5.41) is 4.12. The first-order valence-corrected chi connectivity index (χ1v) is 8.08. The van der Waals surface area contributed by atoms with Crippen LogP contribution in [0.4, 0.5) is 13.9 Å². The zero-order valence-electron chi connectivity index (χ0n) is 12.6. The molecule has 1 unspecified atom stereocenters. The number of aryl methyl sites for hydroxylation is 1. The number of nitrogens with zero attached hydrogens (tertiary/aromatic N) is 2. The van der Waals surface area contributed by atoms with E-state index in [1.165, 1.54) is 11.5 Å². The molecule has 8 heteroatoms. The van der Waals surface area contributed by atoms with Crippen molar-refractivity contribution in [2.24, 2.45) is 0 Å². The van der Waals surface area contributed by atoms with E-state index in [0.29, 0.717) is 12.4 Å². The van der Waals surface area contributed by atoms with Crippen molar-refractivity contribution in [2.75, 3.05) is 12.4 Å². The molecule has 0 amide bonds. The Bertz CT molecular complexity index is 666. The van der Waals surface area contributed by atoms with Crippen molar-refractivity contribution in [2.45, 2.75) is 38.5 Å². The molecule has 1 aliphatic carbocycles. The molecule has 0 saturated heterocycles. The summed E-state index contributed by atoms with van der Waals surface area (Å²) in [6, 6.07) is 5.23. The van der Waals surface area contributed by atoms with E-state index in [2.05, 4.69) is 19.4 Å². The van der Waals surface area contributed by atoms with Crippen molar-refractivity contribution in [3.63, 3.8) is 0 Å². The molecule has 0 spiro atoms. The monoisotopic (exact) mass is 341 g/mol. The maximum atomic E-state index is 12.3. The Labute approximate surface area is 136 Å². The van der Waals surface area contributed by atoms with Crippen LogP contribution in [0.15, 0.2) is 18.2 Å². The lowest BCUT2D eigenvalue weighted by Gasteiger charge is -2.26. The largest absolute Gasteiger partial charge is 0.435 e. The summed E-state index contributed by atoms with van der Waals surface area (Å²) in [6.07, 6.45) is 2.80. The standard InChI is InChI=1S/C15H17F2N3O2S/c1-21-8-13-19-15(23-20-13)18-12-4-2-3-9-7-10(22-14(16)17)5-6-11(9)12/h5-7,12,14H,2-4,8H2,1H3,(H,18,19,20). The average Bonchev–Trinajstić information content (AvgIpc) is 2.94. The Balaban J connectivity index is 1.75. The number of nitrogens with one attached hydrogen (secondary N) is 1. The van der Waals surface area contributed by atoms with Crippen LogP contribution in [0.2, 0.25) is 0 Å². The third-order valence-electron chi connectivity index (χ3n) is 3.69. The first kappa shape index (κ1) is 16.1. The molecule has 1 aromatic heterocycles. The maximum absolute atomic E-state index is 12.3. The third kappa shape index (κ3) is 3.94. The van der Waals surface area contributed by atoms with Crippen LogP contribution in [0.5, 0.6) is 5.75 Å². The molecule has 0 aliphatic heterocycles. The number of rotatable bonds is 6. The second kappa shape index (κ2) is 7.18. The Morgan fingerprint density at radius 2 is 2.30 bits per heavy atom. The van der Waals surface area contributed by atoms with Crippen molar-refractivity contribution in [1.82, 2.24) is 9.36 Å². The van der Waals surface area contributed by atoms with Gasteiger partial charge < -0.3 is 14.8 Å². The normalized spacial score (nSPS) is 17.1. The summed E-state index contributed by atoms with van der Waals surface area (Å²) in [5.74, 6) is 0.856. The van der Waals surface area contributed by atoms with Crippen molar-refractivity contribution >= 4 is 16.7 Å². The number of aromatic nitrogens is 2. The van der Waals surface area contributed by atoms with Gasteiger partial charge in [0, 0.05) is 18.6 Å². The van der Waals surface area contributed by atoms with E-state index < -0.39 is 6.61 Å². The summed E-state index contributed by atoms with van der Waals surface area (Å²) in [5.41, 5.74) is 2.13. The molecule has 3 rings (SSSR count). The van der Waals surface area contributed by atoms with Crippen LogP contribution < -0.4 is 10.1 Å². The van der Waals surface area contributed by atoms with E-state index in [1.54, 1.807) is 19.2 Å². The van der Waals surface area contributed by atoms with Crippen molar-refractivity contribution < 1.29 is 18.3 Å². The summed E-state index contributed by atoms with van der Waals surface area (Å²) >= 11 is 1.29. The third-order valence-corrected chi connectivity index (χ3v) is 4.38. The van der Waals surface area contributed by atoms with Gasteiger partial charge in [0.1, 0.15) is 12.4 Å². The number of halogens is 2.